The largest absolute Gasteiger partial charge is 0.348 e. The maximum atomic E-state index is 11.9. The lowest BCUT2D eigenvalue weighted by atomic mass is 10.1. The summed E-state index contributed by atoms with van der Waals surface area (Å²) in [6.45, 7) is 4.21. The fourth-order valence-corrected chi connectivity index (χ4v) is 2.60. The van der Waals surface area contributed by atoms with Crippen molar-refractivity contribution in [3.05, 3.63) is 34.9 Å². The molecule has 0 fully saturated rings. The van der Waals surface area contributed by atoms with Gasteiger partial charge in [0, 0.05) is 21.1 Å². The highest BCUT2D eigenvalue weighted by Gasteiger charge is 2.15. The number of amides is 1. The van der Waals surface area contributed by atoms with E-state index >= 15 is 0 Å². The zero-order valence-electron chi connectivity index (χ0n) is 9.34. The first kappa shape index (κ1) is 13.8. The standard InChI is InChI=1S/C12H15ClINO/c1-8(2)11(7-14)15-12(16)9-3-5-10(13)6-4-9/h3-6,8,11H,7H2,1-2H3,(H,15,16). The van der Waals surface area contributed by atoms with Gasteiger partial charge in [-0.1, -0.05) is 48.0 Å². The Bertz CT molecular complexity index is 351. The van der Waals surface area contributed by atoms with Crippen LogP contribution in [0.15, 0.2) is 24.3 Å². The second-order valence-electron chi connectivity index (χ2n) is 3.99. The molecule has 1 aromatic rings. The van der Waals surface area contributed by atoms with Crippen LogP contribution in [0.5, 0.6) is 0 Å². The van der Waals surface area contributed by atoms with Crippen LogP contribution >= 0.6 is 34.2 Å². The summed E-state index contributed by atoms with van der Waals surface area (Å²) in [5, 5.41) is 3.66. The molecule has 0 radical (unpaired) electrons. The van der Waals surface area contributed by atoms with Crippen molar-refractivity contribution >= 4 is 40.1 Å². The molecule has 1 amide bonds. The molecule has 1 aromatic carbocycles. The molecule has 0 aromatic heterocycles. The van der Waals surface area contributed by atoms with Crippen LogP contribution in [0, 0.1) is 5.92 Å². The zero-order valence-corrected chi connectivity index (χ0v) is 12.2. The number of halogens is 2. The van der Waals surface area contributed by atoms with Gasteiger partial charge in [0.2, 0.25) is 0 Å². The lowest BCUT2D eigenvalue weighted by molar-refractivity contribution is 0.0932. The fourth-order valence-electron chi connectivity index (χ4n) is 1.24. The Morgan fingerprint density at radius 3 is 2.38 bits per heavy atom. The minimum absolute atomic E-state index is 0.0352. The lowest BCUT2D eigenvalue weighted by Gasteiger charge is -2.19. The topological polar surface area (TPSA) is 29.1 Å². The molecule has 0 aliphatic rings. The van der Waals surface area contributed by atoms with Gasteiger partial charge in [-0.25, -0.2) is 0 Å². The molecule has 2 nitrogen and oxygen atoms in total. The summed E-state index contributed by atoms with van der Waals surface area (Å²) in [6, 6.07) is 7.14. The average molecular weight is 352 g/mol. The second kappa shape index (κ2) is 6.45. The van der Waals surface area contributed by atoms with Gasteiger partial charge in [-0.2, -0.15) is 0 Å². The summed E-state index contributed by atoms with van der Waals surface area (Å²) in [5.41, 5.74) is 0.653. The van der Waals surface area contributed by atoms with Crippen LogP contribution in [-0.4, -0.2) is 16.4 Å². The Morgan fingerprint density at radius 2 is 1.94 bits per heavy atom. The fraction of sp³-hybridized carbons (Fsp3) is 0.417. The van der Waals surface area contributed by atoms with Crippen LogP contribution < -0.4 is 5.32 Å². The van der Waals surface area contributed by atoms with Gasteiger partial charge in [-0.05, 0) is 30.2 Å². The Kier molecular flexibility index (Phi) is 5.55. The summed E-state index contributed by atoms with van der Waals surface area (Å²) in [4.78, 5) is 11.9. The predicted octanol–water partition coefficient (Wildman–Crippen LogP) is 3.53. The molecule has 1 N–H and O–H groups in total. The van der Waals surface area contributed by atoms with Crippen LogP contribution in [0.25, 0.3) is 0 Å². The minimum atomic E-state index is -0.0352. The highest BCUT2D eigenvalue weighted by Crippen LogP contribution is 2.11. The van der Waals surface area contributed by atoms with Crippen LogP contribution in [0.1, 0.15) is 24.2 Å². The zero-order chi connectivity index (χ0) is 12.1. The predicted molar refractivity (Wildman–Crippen MR) is 76.4 cm³/mol. The van der Waals surface area contributed by atoms with Crippen molar-refractivity contribution in [3.8, 4) is 0 Å². The number of carbonyl (C=O) groups is 1. The van der Waals surface area contributed by atoms with Crippen LogP contribution in [0.2, 0.25) is 5.02 Å². The van der Waals surface area contributed by atoms with E-state index in [0.29, 0.717) is 16.5 Å². The average Bonchev–Trinajstić information content (AvgIpc) is 2.26. The molecule has 0 aliphatic carbocycles. The molecule has 4 heteroatoms. The van der Waals surface area contributed by atoms with Gasteiger partial charge in [-0.3, -0.25) is 4.79 Å². The van der Waals surface area contributed by atoms with Crippen molar-refractivity contribution in [2.75, 3.05) is 4.43 Å². The number of nitrogens with one attached hydrogen (secondary N) is 1. The quantitative estimate of drug-likeness (QED) is 0.652. The van der Waals surface area contributed by atoms with Crippen molar-refractivity contribution in [3.63, 3.8) is 0 Å². The third kappa shape index (κ3) is 3.94. The van der Waals surface area contributed by atoms with Gasteiger partial charge in [0.15, 0.2) is 0 Å². The first-order valence-corrected chi connectivity index (χ1v) is 7.07. The summed E-state index contributed by atoms with van der Waals surface area (Å²) >= 11 is 8.05. The van der Waals surface area contributed by atoms with Crippen LogP contribution in [0.3, 0.4) is 0 Å². The van der Waals surface area contributed by atoms with Gasteiger partial charge >= 0.3 is 0 Å². The van der Waals surface area contributed by atoms with E-state index in [9.17, 15) is 4.79 Å². The third-order valence-electron chi connectivity index (χ3n) is 2.39. The minimum Gasteiger partial charge on any atom is -0.348 e. The Morgan fingerprint density at radius 1 is 1.38 bits per heavy atom. The molecule has 1 rings (SSSR count). The molecule has 0 heterocycles. The van der Waals surface area contributed by atoms with E-state index in [0.717, 1.165) is 4.43 Å². The number of rotatable bonds is 4. The molecule has 88 valence electrons. The van der Waals surface area contributed by atoms with E-state index in [1.165, 1.54) is 0 Å². The van der Waals surface area contributed by atoms with Crippen molar-refractivity contribution in [1.82, 2.24) is 5.32 Å². The normalized spacial score (nSPS) is 12.6. The Hall–Kier alpha value is -0.290. The van der Waals surface area contributed by atoms with Gasteiger partial charge in [0.1, 0.15) is 0 Å². The summed E-state index contributed by atoms with van der Waals surface area (Å²) in [6.07, 6.45) is 0. The molecule has 0 aliphatic heterocycles. The molecule has 1 atom stereocenters. The molecule has 0 saturated carbocycles. The van der Waals surface area contributed by atoms with Gasteiger partial charge < -0.3 is 5.32 Å². The number of alkyl halides is 1. The van der Waals surface area contributed by atoms with Crippen LogP contribution in [-0.2, 0) is 0 Å². The lowest BCUT2D eigenvalue weighted by Crippen LogP contribution is -2.39. The summed E-state index contributed by atoms with van der Waals surface area (Å²) in [7, 11) is 0. The van der Waals surface area contributed by atoms with E-state index in [-0.39, 0.29) is 11.9 Å². The van der Waals surface area contributed by atoms with Gasteiger partial charge in [0.25, 0.3) is 5.91 Å². The van der Waals surface area contributed by atoms with Crippen LogP contribution in [0.4, 0.5) is 0 Å². The smallest absolute Gasteiger partial charge is 0.251 e. The molecule has 0 spiro atoms. The third-order valence-corrected chi connectivity index (χ3v) is 3.59. The van der Waals surface area contributed by atoms with E-state index < -0.39 is 0 Å². The number of benzene rings is 1. The van der Waals surface area contributed by atoms with Crippen molar-refractivity contribution < 1.29 is 4.79 Å². The van der Waals surface area contributed by atoms with Gasteiger partial charge in [0.05, 0.1) is 0 Å². The number of carbonyl (C=O) groups excluding carboxylic acids is 1. The van der Waals surface area contributed by atoms with E-state index in [2.05, 4.69) is 41.8 Å². The maximum absolute atomic E-state index is 11.9. The molecule has 0 bridgehead atoms. The second-order valence-corrected chi connectivity index (χ2v) is 5.30. The monoisotopic (exact) mass is 351 g/mol. The van der Waals surface area contributed by atoms with E-state index in [4.69, 9.17) is 11.6 Å². The SMILES string of the molecule is CC(C)C(CI)NC(=O)c1ccc(Cl)cc1. The number of hydrogen-bond donors (Lipinski definition) is 1. The van der Waals surface area contributed by atoms with E-state index in [1.807, 2.05) is 0 Å². The number of hydrogen-bond acceptors (Lipinski definition) is 1. The highest BCUT2D eigenvalue weighted by atomic mass is 127. The Labute approximate surface area is 115 Å². The van der Waals surface area contributed by atoms with Gasteiger partial charge in [-0.15, -0.1) is 0 Å². The molecule has 0 saturated heterocycles. The highest BCUT2D eigenvalue weighted by molar-refractivity contribution is 14.1. The molecule has 16 heavy (non-hydrogen) atoms. The van der Waals surface area contributed by atoms with E-state index in [1.54, 1.807) is 24.3 Å². The molecule has 1 unspecified atom stereocenters. The first-order valence-electron chi connectivity index (χ1n) is 5.17. The summed E-state index contributed by atoms with van der Waals surface area (Å²) < 4.78 is 0.911. The first-order chi connectivity index (χ1) is 7.54. The maximum Gasteiger partial charge on any atom is 0.251 e. The van der Waals surface area contributed by atoms with Crippen molar-refractivity contribution in [1.29, 1.82) is 0 Å². The Balaban J connectivity index is 2.68. The summed E-state index contributed by atoms with van der Waals surface area (Å²) in [5.74, 6) is 0.403. The molecular weight excluding hydrogens is 336 g/mol. The van der Waals surface area contributed by atoms with Crippen molar-refractivity contribution in [2.24, 2.45) is 5.92 Å². The molecular formula is C12H15ClINO. The van der Waals surface area contributed by atoms with Crippen molar-refractivity contribution in [2.45, 2.75) is 19.9 Å².